The fraction of sp³-hybridized carbons (Fsp3) is 0.667. The minimum Gasteiger partial charge on any atom is -0.469 e. The molecule has 5 nitrogen and oxygen atoms in total. The Kier molecular flexibility index (Phi) is 6.58. The van der Waals surface area contributed by atoms with Crippen LogP contribution >= 0.6 is 0 Å². The molecule has 0 aliphatic heterocycles. The highest BCUT2D eigenvalue weighted by Crippen LogP contribution is 2.23. The fourth-order valence-electron chi connectivity index (χ4n) is 2.11. The highest BCUT2D eigenvalue weighted by Gasteiger charge is 2.22. The Labute approximate surface area is 121 Å². The van der Waals surface area contributed by atoms with Gasteiger partial charge in [0.15, 0.2) is 0 Å². The quantitative estimate of drug-likeness (QED) is 0.214. The van der Waals surface area contributed by atoms with Crippen molar-refractivity contribution in [1.29, 1.82) is 0 Å². The van der Waals surface area contributed by atoms with E-state index in [1.54, 1.807) is 6.26 Å². The predicted octanol–water partition coefficient (Wildman–Crippen LogP) is 2.74. The molecule has 0 saturated heterocycles. The summed E-state index contributed by atoms with van der Waals surface area (Å²) in [5, 5.41) is 15.3. The summed E-state index contributed by atoms with van der Waals surface area (Å²) in [7, 11) is 0. The smallest absolute Gasteiger partial charge is 0.144 e. The van der Waals surface area contributed by atoms with Gasteiger partial charge in [0.25, 0.3) is 0 Å². The van der Waals surface area contributed by atoms with Crippen molar-refractivity contribution >= 4 is 5.84 Å². The Hall–Kier alpha value is -1.49. The molecule has 20 heavy (non-hydrogen) atoms. The van der Waals surface area contributed by atoms with E-state index in [9.17, 15) is 0 Å². The second-order valence-corrected chi connectivity index (χ2v) is 5.96. The summed E-state index contributed by atoms with van der Waals surface area (Å²) in [6.07, 6.45) is 5.64. The normalized spacial score (nSPS) is 14.4. The summed E-state index contributed by atoms with van der Waals surface area (Å²) in [6, 6.07) is 4.31. The second kappa shape index (κ2) is 7.94. The topological polar surface area (TPSA) is 83.8 Å². The first-order valence-electron chi connectivity index (χ1n) is 7.19. The third kappa shape index (κ3) is 5.65. The van der Waals surface area contributed by atoms with Crippen LogP contribution in [0.3, 0.4) is 0 Å². The lowest BCUT2D eigenvalue weighted by Crippen LogP contribution is -2.32. The molecule has 1 aromatic rings. The first-order valence-corrected chi connectivity index (χ1v) is 7.19. The van der Waals surface area contributed by atoms with Crippen LogP contribution in [0, 0.1) is 5.41 Å². The summed E-state index contributed by atoms with van der Waals surface area (Å²) in [5.74, 6) is 1.31. The molecule has 4 N–H and O–H groups in total. The molecule has 114 valence electrons. The van der Waals surface area contributed by atoms with Crippen LogP contribution in [0.25, 0.3) is 0 Å². The maximum absolute atomic E-state index is 8.71. The van der Waals surface area contributed by atoms with Gasteiger partial charge in [0, 0.05) is 17.9 Å². The molecule has 0 fully saturated rings. The number of nitrogens with two attached hydrogens (primary N) is 1. The molecule has 0 aliphatic carbocycles. The summed E-state index contributed by atoms with van der Waals surface area (Å²) in [6.45, 7) is 7.11. The van der Waals surface area contributed by atoms with E-state index >= 15 is 0 Å². The summed E-state index contributed by atoms with van der Waals surface area (Å²) in [4.78, 5) is 0. The van der Waals surface area contributed by atoms with Gasteiger partial charge in [-0.2, -0.15) is 0 Å². The van der Waals surface area contributed by atoms with Gasteiger partial charge in [-0.25, -0.2) is 0 Å². The third-order valence-electron chi connectivity index (χ3n) is 3.61. The van der Waals surface area contributed by atoms with Gasteiger partial charge in [-0.15, -0.1) is 0 Å². The van der Waals surface area contributed by atoms with E-state index in [0.29, 0.717) is 11.9 Å². The Bertz CT molecular complexity index is 399. The number of unbranched alkanes of at least 4 members (excludes halogenated alkanes) is 1. The minimum atomic E-state index is -0.242. The molecule has 1 aromatic heterocycles. The van der Waals surface area contributed by atoms with E-state index in [-0.39, 0.29) is 5.41 Å². The largest absolute Gasteiger partial charge is 0.469 e. The van der Waals surface area contributed by atoms with Crippen molar-refractivity contribution in [2.24, 2.45) is 16.3 Å². The lowest BCUT2D eigenvalue weighted by molar-refractivity contribution is 0.304. The molecular weight excluding hydrogens is 254 g/mol. The standard InChI is InChI=1S/C15H27N3O2/c1-12(11-13-7-6-10-20-13)17-9-5-4-8-15(2,3)14(16)18-19/h6-7,10,12,17,19H,4-5,8-9,11H2,1-3H3,(H2,16,18). The Balaban J connectivity index is 2.13. The van der Waals surface area contributed by atoms with E-state index in [1.807, 2.05) is 26.0 Å². The summed E-state index contributed by atoms with van der Waals surface area (Å²) in [5.41, 5.74) is 5.42. The second-order valence-electron chi connectivity index (χ2n) is 5.96. The third-order valence-corrected chi connectivity index (χ3v) is 3.61. The molecule has 1 atom stereocenters. The Morgan fingerprint density at radius 2 is 2.25 bits per heavy atom. The molecule has 0 bridgehead atoms. The predicted molar refractivity (Wildman–Crippen MR) is 80.9 cm³/mol. The van der Waals surface area contributed by atoms with Crippen LogP contribution in [-0.2, 0) is 6.42 Å². The van der Waals surface area contributed by atoms with Crippen molar-refractivity contribution in [1.82, 2.24) is 5.32 Å². The number of furan rings is 1. The zero-order valence-corrected chi connectivity index (χ0v) is 12.7. The number of nitrogens with zero attached hydrogens (tertiary/aromatic N) is 1. The van der Waals surface area contributed by atoms with Crippen molar-refractivity contribution in [3.05, 3.63) is 24.2 Å². The van der Waals surface area contributed by atoms with Crippen LogP contribution in [0.2, 0.25) is 0 Å². The molecule has 1 unspecified atom stereocenters. The van der Waals surface area contributed by atoms with Crippen molar-refractivity contribution in [2.45, 2.75) is 52.5 Å². The SMILES string of the molecule is CC(Cc1ccco1)NCCCCC(C)(C)/C(N)=N/O. The lowest BCUT2D eigenvalue weighted by atomic mass is 9.86. The molecule has 0 radical (unpaired) electrons. The molecule has 0 aromatic carbocycles. The molecule has 1 rings (SSSR count). The zero-order valence-electron chi connectivity index (χ0n) is 12.7. The van der Waals surface area contributed by atoms with Gasteiger partial charge >= 0.3 is 0 Å². The van der Waals surface area contributed by atoms with E-state index < -0.39 is 0 Å². The van der Waals surface area contributed by atoms with Crippen LogP contribution in [0.4, 0.5) is 0 Å². The number of oxime groups is 1. The van der Waals surface area contributed by atoms with Gasteiger partial charge in [0.1, 0.15) is 11.6 Å². The molecule has 5 heteroatoms. The first kappa shape index (κ1) is 16.6. The molecular formula is C15H27N3O2. The van der Waals surface area contributed by atoms with Gasteiger partial charge in [-0.05, 0) is 38.4 Å². The molecule has 0 aliphatic rings. The van der Waals surface area contributed by atoms with Gasteiger partial charge < -0.3 is 20.7 Å². The van der Waals surface area contributed by atoms with Crippen molar-refractivity contribution in [3.63, 3.8) is 0 Å². The van der Waals surface area contributed by atoms with Crippen LogP contribution < -0.4 is 11.1 Å². The van der Waals surface area contributed by atoms with Gasteiger partial charge in [-0.3, -0.25) is 0 Å². The van der Waals surface area contributed by atoms with E-state index in [4.69, 9.17) is 15.4 Å². The average Bonchev–Trinajstić information content (AvgIpc) is 2.89. The van der Waals surface area contributed by atoms with Crippen molar-refractivity contribution < 1.29 is 9.62 Å². The van der Waals surface area contributed by atoms with Gasteiger partial charge in [0.05, 0.1) is 6.26 Å². The van der Waals surface area contributed by atoms with Crippen molar-refractivity contribution in [2.75, 3.05) is 6.54 Å². The lowest BCUT2D eigenvalue weighted by Gasteiger charge is -2.22. The maximum atomic E-state index is 8.71. The number of amidine groups is 1. The van der Waals surface area contributed by atoms with Crippen LogP contribution in [-0.4, -0.2) is 23.6 Å². The average molecular weight is 281 g/mol. The van der Waals surface area contributed by atoms with E-state index in [2.05, 4.69) is 17.4 Å². The monoisotopic (exact) mass is 281 g/mol. The van der Waals surface area contributed by atoms with Crippen molar-refractivity contribution in [3.8, 4) is 0 Å². The fourth-order valence-corrected chi connectivity index (χ4v) is 2.11. The Morgan fingerprint density at radius 1 is 1.50 bits per heavy atom. The maximum Gasteiger partial charge on any atom is 0.144 e. The number of hydrogen-bond acceptors (Lipinski definition) is 4. The van der Waals surface area contributed by atoms with E-state index in [1.165, 1.54) is 0 Å². The number of rotatable bonds is 9. The number of hydrogen-bond donors (Lipinski definition) is 3. The highest BCUT2D eigenvalue weighted by atomic mass is 16.4. The first-order chi connectivity index (χ1) is 9.45. The summed E-state index contributed by atoms with van der Waals surface area (Å²) >= 11 is 0. The molecule has 1 heterocycles. The molecule has 0 amide bonds. The Morgan fingerprint density at radius 3 is 2.85 bits per heavy atom. The van der Waals surface area contributed by atoms with Gasteiger partial charge in [0.2, 0.25) is 0 Å². The highest BCUT2D eigenvalue weighted by molar-refractivity contribution is 5.85. The molecule has 0 saturated carbocycles. The number of nitrogens with one attached hydrogen (secondary N) is 1. The van der Waals surface area contributed by atoms with Crippen LogP contribution in [0.15, 0.2) is 28.0 Å². The minimum absolute atomic E-state index is 0.242. The summed E-state index contributed by atoms with van der Waals surface area (Å²) < 4.78 is 5.32. The van der Waals surface area contributed by atoms with Crippen LogP contribution in [0.1, 0.15) is 45.8 Å². The van der Waals surface area contributed by atoms with Gasteiger partial charge in [-0.1, -0.05) is 25.4 Å². The zero-order chi connectivity index (χ0) is 15.0. The van der Waals surface area contributed by atoms with E-state index in [0.717, 1.165) is 38.0 Å². The molecule has 0 spiro atoms. The van der Waals surface area contributed by atoms with Crippen LogP contribution in [0.5, 0.6) is 0 Å².